The van der Waals surface area contributed by atoms with Crippen LogP contribution in [0.15, 0.2) is 18.2 Å². The molecule has 1 N–H and O–H groups in total. The van der Waals surface area contributed by atoms with E-state index in [9.17, 15) is 8.42 Å². The van der Waals surface area contributed by atoms with Crippen LogP contribution in [0.1, 0.15) is 48.3 Å². The second-order valence-corrected chi connectivity index (χ2v) is 8.55. The van der Waals surface area contributed by atoms with Gasteiger partial charge in [-0.25, -0.2) is 8.42 Å². The smallest absolute Gasteiger partial charge is 0.150 e. The number of nitrogens with one attached hydrogen (secondary N) is 1. The molecule has 2 atom stereocenters. The molecule has 1 fully saturated rings. The van der Waals surface area contributed by atoms with E-state index < -0.39 is 9.84 Å². The molecular formula is C16H23NO2S. The molecule has 0 bridgehead atoms. The molecule has 2 unspecified atom stereocenters. The highest BCUT2D eigenvalue weighted by Gasteiger charge is 2.31. The Labute approximate surface area is 121 Å². The van der Waals surface area contributed by atoms with Crippen molar-refractivity contribution < 1.29 is 8.42 Å². The lowest BCUT2D eigenvalue weighted by molar-refractivity contribution is 0.433. The molecule has 0 spiro atoms. The van der Waals surface area contributed by atoms with E-state index in [0.717, 1.165) is 45.2 Å². The fourth-order valence-corrected chi connectivity index (χ4v) is 4.94. The number of rotatable bonds is 2. The molecule has 1 aliphatic carbocycles. The molecule has 110 valence electrons. The first-order valence-electron chi connectivity index (χ1n) is 7.56. The minimum Gasteiger partial charge on any atom is -0.312 e. The maximum atomic E-state index is 11.8. The summed E-state index contributed by atoms with van der Waals surface area (Å²) in [5.41, 5.74) is 4.29. The average Bonchev–Trinajstić information content (AvgIpc) is 2.46. The van der Waals surface area contributed by atoms with Crippen LogP contribution in [-0.2, 0) is 22.8 Å². The zero-order chi connectivity index (χ0) is 14.2. The van der Waals surface area contributed by atoms with Crippen LogP contribution in [0.25, 0.3) is 0 Å². The van der Waals surface area contributed by atoms with Crippen molar-refractivity contribution in [3.05, 3.63) is 34.9 Å². The second kappa shape index (κ2) is 5.49. The van der Waals surface area contributed by atoms with Gasteiger partial charge in [0.1, 0.15) is 9.84 Å². The Bertz CT molecular complexity index is 594. The highest BCUT2D eigenvalue weighted by molar-refractivity contribution is 7.91. The average molecular weight is 293 g/mol. The first-order chi connectivity index (χ1) is 9.55. The molecule has 3 rings (SSSR count). The standard InChI is InChI=1S/C16H23NO2S/c1-20(18,19)14-6-2-4-12(10-14)15-7-3-5-13-11-17-9-8-16(13)15/h3,5,7,12,14,17H,2,4,6,8-11H2,1H3. The molecule has 0 amide bonds. The van der Waals surface area contributed by atoms with Crippen LogP contribution in [0.4, 0.5) is 0 Å². The van der Waals surface area contributed by atoms with Gasteiger partial charge in [0.2, 0.25) is 0 Å². The first-order valence-corrected chi connectivity index (χ1v) is 9.51. The molecule has 0 saturated heterocycles. The lowest BCUT2D eigenvalue weighted by atomic mass is 9.79. The Kier molecular flexibility index (Phi) is 3.87. The highest BCUT2D eigenvalue weighted by atomic mass is 32.2. The summed E-state index contributed by atoms with van der Waals surface area (Å²) in [6.07, 6.45) is 6.28. The van der Waals surface area contributed by atoms with E-state index in [-0.39, 0.29) is 5.25 Å². The van der Waals surface area contributed by atoms with Crippen molar-refractivity contribution in [1.82, 2.24) is 5.32 Å². The van der Waals surface area contributed by atoms with Gasteiger partial charge in [-0.05, 0) is 54.8 Å². The minimum atomic E-state index is -2.90. The maximum absolute atomic E-state index is 11.8. The molecule has 2 aliphatic rings. The van der Waals surface area contributed by atoms with Crippen molar-refractivity contribution >= 4 is 9.84 Å². The molecule has 1 saturated carbocycles. The lowest BCUT2D eigenvalue weighted by Crippen LogP contribution is -2.29. The Morgan fingerprint density at radius 1 is 1.25 bits per heavy atom. The van der Waals surface area contributed by atoms with Crippen LogP contribution < -0.4 is 5.32 Å². The summed E-state index contributed by atoms with van der Waals surface area (Å²) in [7, 11) is -2.90. The summed E-state index contributed by atoms with van der Waals surface area (Å²) in [5, 5.41) is 3.27. The lowest BCUT2D eigenvalue weighted by Gasteiger charge is -2.31. The third-order valence-corrected chi connectivity index (χ3v) is 6.49. The summed E-state index contributed by atoms with van der Waals surface area (Å²) >= 11 is 0. The van der Waals surface area contributed by atoms with E-state index in [4.69, 9.17) is 0 Å². The van der Waals surface area contributed by atoms with Crippen molar-refractivity contribution in [1.29, 1.82) is 0 Å². The third kappa shape index (κ3) is 2.77. The van der Waals surface area contributed by atoms with E-state index in [1.165, 1.54) is 22.9 Å². The van der Waals surface area contributed by atoms with E-state index in [2.05, 4.69) is 23.5 Å². The minimum absolute atomic E-state index is 0.140. The number of fused-ring (bicyclic) bond motifs is 1. The normalized spacial score (nSPS) is 27.1. The van der Waals surface area contributed by atoms with Gasteiger partial charge in [0, 0.05) is 12.8 Å². The van der Waals surface area contributed by atoms with Gasteiger partial charge in [0.05, 0.1) is 5.25 Å². The zero-order valence-corrected chi connectivity index (χ0v) is 12.9. The molecular weight excluding hydrogens is 270 g/mol. The summed E-state index contributed by atoms with van der Waals surface area (Å²) in [5.74, 6) is 0.427. The van der Waals surface area contributed by atoms with E-state index in [1.54, 1.807) is 0 Å². The molecule has 1 aromatic rings. The maximum Gasteiger partial charge on any atom is 0.150 e. The second-order valence-electron chi connectivity index (χ2n) is 6.23. The summed E-state index contributed by atoms with van der Waals surface area (Å²) in [4.78, 5) is 0. The fourth-order valence-electron chi connectivity index (χ4n) is 3.76. The van der Waals surface area contributed by atoms with Crippen LogP contribution >= 0.6 is 0 Å². The molecule has 0 radical (unpaired) electrons. The molecule has 20 heavy (non-hydrogen) atoms. The van der Waals surface area contributed by atoms with Crippen molar-refractivity contribution in [3.8, 4) is 0 Å². The largest absolute Gasteiger partial charge is 0.312 e. The van der Waals surface area contributed by atoms with Crippen LogP contribution in [-0.4, -0.2) is 26.5 Å². The first kappa shape index (κ1) is 14.1. The van der Waals surface area contributed by atoms with E-state index >= 15 is 0 Å². The number of sulfone groups is 1. The van der Waals surface area contributed by atoms with Crippen molar-refractivity contribution in [2.45, 2.75) is 49.8 Å². The van der Waals surface area contributed by atoms with Crippen LogP contribution in [0, 0.1) is 0 Å². The van der Waals surface area contributed by atoms with Gasteiger partial charge in [-0.1, -0.05) is 24.6 Å². The topological polar surface area (TPSA) is 46.2 Å². The predicted molar refractivity (Wildman–Crippen MR) is 81.7 cm³/mol. The van der Waals surface area contributed by atoms with Gasteiger partial charge in [-0.3, -0.25) is 0 Å². The van der Waals surface area contributed by atoms with Crippen LogP contribution in [0.5, 0.6) is 0 Å². The molecule has 1 aromatic carbocycles. The van der Waals surface area contributed by atoms with Gasteiger partial charge in [0.15, 0.2) is 0 Å². The molecule has 4 heteroatoms. The van der Waals surface area contributed by atoms with Gasteiger partial charge < -0.3 is 5.32 Å². The third-order valence-electron chi connectivity index (χ3n) is 4.85. The van der Waals surface area contributed by atoms with Gasteiger partial charge in [0.25, 0.3) is 0 Å². The SMILES string of the molecule is CS(=O)(=O)C1CCCC(c2cccc3c2CCNC3)C1. The Morgan fingerprint density at radius 2 is 2.10 bits per heavy atom. The summed E-state index contributed by atoms with van der Waals surface area (Å²) < 4.78 is 23.7. The number of hydrogen-bond donors (Lipinski definition) is 1. The van der Waals surface area contributed by atoms with E-state index in [1.807, 2.05) is 0 Å². The summed E-state index contributed by atoms with van der Waals surface area (Å²) in [6, 6.07) is 6.55. The van der Waals surface area contributed by atoms with Crippen molar-refractivity contribution in [2.75, 3.05) is 12.8 Å². The molecule has 1 heterocycles. The number of benzene rings is 1. The Hall–Kier alpha value is -0.870. The Balaban J connectivity index is 1.89. The van der Waals surface area contributed by atoms with Crippen molar-refractivity contribution in [3.63, 3.8) is 0 Å². The van der Waals surface area contributed by atoms with Gasteiger partial charge in [-0.2, -0.15) is 0 Å². The fraction of sp³-hybridized carbons (Fsp3) is 0.625. The van der Waals surface area contributed by atoms with Crippen LogP contribution in [0.2, 0.25) is 0 Å². The van der Waals surface area contributed by atoms with Gasteiger partial charge >= 0.3 is 0 Å². The Morgan fingerprint density at radius 3 is 2.90 bits per heavy atom. The van der Waals surface area contributed by atoms with Crippen LogP contribution in [0.3, 0.4) is 0 Å². The number of hydrogen-bond acceptors (Lipinski definition) is 3. The van der Waals surface area contributed by atoms with Crippen molar-refractivity contribution in [2.24, 2.45) is 0 Å². The van der Waals surface area contributed by atoms with E-state index in [0.29, 0.717) is 5.92 Å². The molecule has 3 nitrogen and oxygen atoms in total. The monoisotopic (exact) mass is 293 g/mol. The molecule has 0 aromatic heterocycles. The highest BCUT2D eigenvalue weighted by Crippen LogP contribution is 2.38. The predicted octanol–water partition coefficient (Wildman–Crippen LogP) is 2.40. The van der Waals surface area contributed by atoms with Gasteiger partial charge in [-0.15, -0.1) is 0 Å². The zero-order valence-electron chi connectivity index (χ0n) is 12.1. The molecule has 1 aliphatic heterocycles. The quantitative estimate of drug-likeness (QED) is 0.911. The summed E-state index contributed by atoms with van der Waals surface area (Å²) in [6.45, 7) is 1.98.